The number of carbonyl (C=O) groups is 2. The van der Waals surface area contributed by atoms with Gasteiger partial charge in [-0.2, -0.15) is 0 Å². The van der Waals surface area contributed by atoms with Crippen LogP contribution in [0.4, 0.5) is 16.2 Å². The van der Waals surface area contributed by atoms with Gasteiger partial charge in [-0.05, 0) is 41.7 Å². The van der Waals surface area contributed by atoms with Gasteiger partial charge < -0.3 is 15.4 Å². The fraction of sp³-hybridized carbons (Fsp3) is 0.364. The lowest BCUT2D eigenvalue weighted by Crippen LogP contribution is -2.21. The summed E-state index contributed by atoms with van der Waals surface area (Å²) in [5.41, 5.74) is 2.68. The number of unbranched alkanes of at least 4 members (excludes halogenated alkanes) is 1. The van der Waals surface area contributed by atoms with Crippen molar-refractivity contribution in [1.29, 1.82) is 0 Å². The third-order valence-corrected chi connectivity index (χ3v) is 4.14. The largest absolute Gasteiger partial charge is 0.462 e. The van der Waals surface area contributed by atoms with Gasteiger partial charge in [0.25, 0.3) is 0 Å². The Hall–Kier alpha value is -2.82. The molecule has 2 N–H and O–H groups in total. The highest BCUT2D eigenvalue weighted by Gasteiger charge is 2.15. The molecule has 0 aromatic heterocycles. The fourth-order valence-electron chi connectivity index (χ4n) is 2.50. The van der Waals surface area contributed by atoms with E-state index in [0.29, 0.717) is 23.5 Å². The number of esters is 1. The van der Waals surface area contributed by atoms with Gasteiger partial charge in [-0.15, -0.1) is 0 Å². The Morgan fingerprint density at radius 1 is 0.963 bits per heavy atom. The molecule has 27 heavy (non-hydrogen) atoms. The number of ether oxygens (including phenoxy) is 1. The van der Waals surface area contributed by atoms with Crippen LogP contribution in [0.5, 0.6) is 0 Å². The number of anilines is 2. The van der Waals surface area contributed by atoms with Crippen LogP contribution in [-0.2, 0) is 10.2 Å². The summed E-state index contributed by atoms with van der Waals surface area (Å²) in [6.45, 7) is 8.81. The lowest BCUT2D eigenvalue weighted by molar-refractivity contribution is 0.0501. The van der Waals surface area contributed by atoms with Crippen LogP contribution in [0.1, 0.15) is 56.5 Å². The van der Waals surface area contributed by atoms with E-state index in [9.17, 15) is 9.59 Å². The van der Waals surface area contributed by atoms with Gasteiger partial charge >= 0.3 is 12.0 Å². The molecule has 144 valence electrons. The summed E-state index contributed by atoms with van der Waals surface area (Å²) in [7, 11) is 0. The molecule has 0 aliphatic rings. The number of rotatable bonds is 6. The summed E-state index contributed by atoms with van der Waals surface area (Å²) >= 11 is 0. The first-order valence-electron chi connectivity index (χ1n) is 9.26. The highest BCUT2D eigenvalue weighted by molar-refractivity contribution is 6.05. The van der Waals surface area contributed by atoms with E-state index in [4.69, 9.17) is 4.74 Å². The van der Waals surface area contributed by atoms with Crippen molar-refractivity contribution >= 4 is 23.4 Å². The number of amides is 2. The van der Waals surface area contributed by atoms with E-state index < -0.39 is 12.0 Å². The Kier molecular flexibility index (Phi) is 6.99. The van der Waals surface area contributed by atoms with E-state index in [1.54, 1.807) is 24.3 Å². The highest BCUT2D eigenvalue weighted by atomic mass is 16.5. The third kappa shape index (κ3) is 6.13. The van der Waals surface area contributed by atoms with Crippen LogP contribution < -0.4 is 10.6 Å². The molecule has 5 heteroatoms. The molecule has 2 rings (SSSR count). The number of carbonyl (C=O) groups excluding carboxylic acids is 2. The first-order chi connectivity index (χ1) is 12.8. The fourth-order valence-corrected chi connectivity index (χ4v) is 2.50. The molecule has 0 saturated heterocycles. The van der Waals surface area contributed by atoms with Crippen LogP contribution in [0.2, 0.25) is 0 Å². The number of urea groups is 1. The van der Waals surface area contributed by atoms with Crippen LogP contribution in [0.3, 0.4) is 0 Å². The molecular formula is C22H28N2O3. The summed E-state index contributed by atoms with van der Waals surface area (Å²) in [4.78, 5) is 24.5. The standard InChI is InChI=1S/C22H28N2O3/c1-5-6-15-27-20(25)18-9-7-8-10-19(18)24-21(26)23-17-13-11-16(12-14-17)22(2,3)4/h7-14H,5-6,15H2,1-4H3,(H2,23,24,26). The van der Waals surface area contributed by atoms with E-state index in [-0.39, 0.29) is 5.41 Å². The maximum absolute atomic E-state index is 12.3. The molecule has 2 aromatic carbocycles. The minimum Gasteiger partial charge on any atom is -0.462 e. The topological polar surface area (TPSA) is 67.4 Å². The van der Waals surface area contributed by atoms with Crippen molar-refractivity contribution in [3.63, 3.8) is 0 Å². The van der Waals surface area contributed by atoms with Gasteiger partial charge in [0.2, 0.25) is 0 Å². The van der Waals surface area contributed by atoms with Crippen molar-refractivity contribution < 1.29 is 14.3 Å². The summed E-state index contributed by atoms with van der Waals surface area (Å²) in [5, 5.41) is 5.51. The van der Waals surface area contributed by atoms with E-state index in [1.165, 1.54) is 5.56 Å². The van der Waals surface area contributed by atoms with Crippen LogP contribution >= 0.6 is 0 Å². The molecule has 0 unspecified atom stereocenters. The van der Waals surface area contributed by atoms with Crippen molar-refractivity contribution in [3.8, 4) is 0 Å². The molecule has 2 aromatic rings. The minimum atomic E-state index is -0.436. The van der Waals surface area contributed by atoms with Crippen molar-refractivity contribution in [2.45, 2.75) is 46.0 Å². The zero-order valence-electron chi connectivity index (χ0n) is 16.5. The van der Waals surface area contributed by atoms with E-state index in [1.807, 2.05) is 31.2 Å². The number of benzene rings is 2. The van der Waals surface area contributed by atoms with Crippen LogP contribution in [-0.4, -0.2) is 18.6 Å². The van der Waals surface area contributed by atoms with Crippen LogP contribution in [0.15, 0.2) is 48.5 Å². The second-order valence-corrected chi connectivity index (χ2v) is 7.44. The van der Waals surface area contributed by atoms with Crippen molar-refractivity contribution in [1.82, 2.24) is 0 Å². The number of nitrogens with one attached hydrogen (secondary N) is 2. The number of hydrogen-bond acceptors (Lipinski definition) is 3. The van der Waals surface area contributed by atoms with Crippen LogP contribution in [0, 0.1) is 0 Å². The van der Waals surface area contributed by atoms with Gasteiger partial charge in [-0.3, -0.25) is 0 Å². The van der Waals surface area contributed by atoms with Gasteiger partial charge in [0.1, 0.15) is 0 Å². The molecule has 0 aliphatic heterocycles. The quantitative estimate of drug-likeness (QED) is 0.516. The average Bonchev–Trinajstić information content (AvgIpc) is 2.62. The van der Waals surface area contributed by atoms with Gasteiger partial charge in [0.05, 0.1) is 17.9 Å². The SMILES string of the molecule is CCCCOC(=O)c1ccccc1NC(=O)Nc1ccc(C(C)(C)C)cc1. The summed E-state index contributed by atoms with van der Waals surface area (Å²) in [6.07, 6.45) is 1.76. The Bertz CT molecular complexity index is 777. The predicted octanol–water partition coefficient (Wildman–Crippen LogP) is 5.59. The Balaban J connectivity index is 2.02. The Labute approximate surface area is 161 Å². The molecule has 5 nitrogen and oxygen atoms in total. The third-order valence-electron chi connectivity index (χ3n) is 4.14. The smallest absolute Gasteiger partial charge is 0.340 e. The lowest BCUT2D eigenvalue weighted by Gasteiger charge is -2.19. The maximum Gasteiger partial charge on any atom is 0.340 e. The lowest BCUT2D eigenvalue weighted by atomic mass is 9.87. The summed E-state index contributed by atoms with van der Waals surface area (Å²) < 4.78 is 5.24. The first-order valence-corrected chi connectivity index (χ1v) is 9.26. The zero-order chi connectivity index (χ0) is 19.9. The van der Waals surface area contributed by atoms with Gasteiger partial charge in [0.15, 0.2) is 0 Å². The molecule has 2 amide bonds. The molecule has 0 heterocycles. The van der Waals surface area contributed by atoms with Gasteiger partial charge in [0, 0.05) is 5.69 Å². The molecule has 0 atom stereocenters. The summed E-state index contributed by atoms with van der Waals surface area (Å²) in [5.74, 6) is -0.436. The molecule has 0 bridgehead atoms. The highest BCUT2D eigenvalue weighted by Crippen LogP contribution is 2.23. The normalized spacial score (nSPS) is 11.0. The van der Waals surface area contributed by atoms with Gasteiger partial charge in [-0.1, -0.05) is 58.4 Å². The van der Waals surface area contributed by atoms with Gasteiger partial charge in [-0.25, -0.2) is 9.59 Å². The number of para-hydroxylation sites is 1. The van der Waals surface area contributed by atoms with Crippen LogP contribution in [0.25, 0.3) is 0 Å². The molecular weight excluding hydrogens is 340 g/mol. The summed E-state index contributed by atoms with van der Waals surface area (Å²) in [6, 6.07) is 14.1. The molecule has 0 radical (unpaired) electrons. The second kappa shape index (κ2) is 9.21. The first kappa shape index (κ1) is 20.5. The van der Waals surface area contributed by atoms with Crippen molar-refractivity contribution in [3.05, 3.63) is 59.7 Å². The van der Waals surface area contributed by atoms with Crippen molar-refractivity contribution in [2.75, 3.05) is 17.2 Å². The van der Waals surface area contributed by atoms with Crippen molar-refractivity contribution in [2.24, 2.45) is 0 Å². The Morgan fingerprint density at radius 2 is 1.63 bits per heavy atom. The Morgan fingerprint density at radius 3 is 2.26 bits per heavy atom. The van der Waals surface area contributed by atoms with E-state index in [0.717, 1.165) is 12.8 Å². The maximum atomic E-state index is 12.3. The minimum absolute atomic E-state index is 0.0534. The molecule has 0 aliphatic carbocycles. The van der Waals surface area contributed by atoms with E-state index >= 15 is 0 Å². The zero-order valence-corrected chi connectivity index (χ0v) is 16.5. The number of hydrogen-bond donors (Lipinski definition) is 2. The average molecular weight is 368 g/mol. The van der Waals surface area contributed by atoms with E-state index in [2.05, 4.69) is 31.4 Å². The predicted molar refractivity (Wildman–Crippen MR) is 109 cm³/mol. The monoisotopic (exact) mass is 368 g/mol. The molecule has 0 fully saturated rings. The molecule has 0 saturated carbocycles. The second-order valence-electron chi connectivity index (χ2n) is 7.44. The molecule has 0 spiro atoms.